The molecule has 3 amide bonds. The third-order valence-corrected chi connectivity index (χ3v) is 4.15. The van der Waals surface area contributed by atoms with Crippen LogP contribution in [0.1, 0.15) is 18.1 Å². The Labute approximate surface area is 137 Å². The van der Waals surface area contributed by atoms with Crippen LogP contribution in [0.4, 0.5) is 13.6 Å². The van der Waals surface area contributed by atoms with E-state index in [1.807, 2.05) is 0 Å². The number of pyridine rings is 1. The van der Waals surface area contributed by atoms with Crippen LogP contribution in [0, 0.1) is 11.6 Å². The molecule has 2 aromatic rings. The Bertz CT molecular complexity index is 798. The van der Waals surface area contributed by atoms with E-state index in [1.165, 1.54) is 13.0 Å². The predicted octanol–water partition coefficient (Wildman–Crippen LogP) is 2.37. The maximum absolute atomic E-state index is 13.5. The van der Waals surface area contributed by atoms with Gasteiger partial charge in [-0.15, -0.1) is 0 Å². The Hall–Kier alpha value is -2.83. The molecule has 0 spiro atoms. The Morgan fingerprint density at radius 2 is 1.83 bits per heavy atom. The lowest BCUT2D eigenvalue weighted by molar-refractivity contribution is -0.131. The van der Waals surface area contributed by atoms with Gasteiger partial charge < -0.3 is 5.32 Å². The fraction of sp³-hybridized carbons (Fsp3) is 0.235. The number of nitrogens with one attached hydrogen (secondary N) is 1. The van der Waals surface area contributed by atoms with Crippen molar-refractivity contribution >= 4 is 11.9 Å². The predicted molar refractivity (Wildman–Crippen MR) is 81.9 cm³/mol. The molecule has 1 aliphatic rings. The van der Waals surface area contributed by atoms with E-state index in [9.17, 15) is 18.4 Å². The van der Waals surface area contributed by atoms with Crippen LogP contribution >= 0.6 is 0 Å². The number of carbonyl (C=O) groups is 2. The van der Waals surface area contributed by atoms with E-state index >= 15 is 0 Å². The van der Waals surface area contributed by atoms with Gasteiger partial charge in [0.2, 0.25) is 0 Å². The van der Waals surface area contributed by atoms with Gasteiger partial charge in [0.1, 0.15) is 5.54 Å². The summed E-state index contributed by atoms with van der Waals surface area (Å²) >= 11 is 0. The molecule has 124 valence electrons. The van der Waals surface area contributed by atoms with Gasteiger partial charge in [0.15, 0.2) is 11.6 Å². The highest BCUT2D eigenvalue weighted by Crippen LogP contribution is 2.29. The van der Waals surface area contributed by atoms with E-state index in [0.717, 1.165) is 22.6 Å². The number of carbonyl (C=O) groups excluding carboxylic acids is 2. The number of urea groups is 1. The summed E-state index contributed by atoms with van der Waals surface area (Å²) in [4.78, 5) is 29.8. The number of amides is 3. The summed E-state index contributed by atoms with van der Waals surface area (Å²) in [5.74, 6) is -2.56. The average Bonchev–Trinajstić information content (AvgIpc) is 2.79. The minimum atomic E-state index is -1.41. The second-order valence-corrected chi connectivity index (χ2v) is 5.75. The van der Waals surface area contributed by atoms with Crippen molar-refractivity contribution in [2.75, 3.05) is 6.54 Å². The first kappa shape index (κ1) is 16.0. The van der Waals surface area contributed by atoms with E-state index in [0.29, 0.717) is 6.42 Å². The lowest BCUT2D eigenvalue weighted by Gasteiger charge is -2.22. The molecule has 2 heterocycles. The Balaban J connectivity index is 1.81. The topological polar surface area (TPSA) is 62.3 Å². The number of benzene rings is 1. The highest BCUT2D eigenvalue weighted by Gasteiger charge is 2.48. The molecule has 0 radical (unpaired) electrons. The van der Waals surface area contributed by atoms with E-state index in [-0.39, 0.29) is 12.1 Å². The zero-order valence-corrected chi connectivity index (χ0v) is 12.9. The number of aromatic nitrogens is 1. The van der Waals surface area contributed by atoms with Crippen molar-refractivity contribution in [2.24, 2.45) is 0 Å². The van der Waals surface area contributed by atoms with Gasteiger partial charge in [0, 0.05) is 18.9 Å². The molecule has 1 aromatic carbocycles. The Morgan fingerprint density at radius 3 is 2.50 bits per heavy atom. The summed E-state index contributed by atoms with van der Waals surface area (Å²) in [6.07, 6.45) is 3.74. The van der Waals surface area contributed by atoms with Crippen molar-refractivity contribution in [1.82, 2.24) is 15.2 Å². The van der Waals surface area contributed by atoms with Gasteiger partial charge in [-0.2, -0.15) is 0 Å². The molecule has 1 aliphatic heterocycles. The second kappa shape index (κ2) is 5.99. The van der Waals surface area contributed by atoms with E-state index in [2.05, 4.69) is 10.3 Å². The van der Waals surface area contributed by atoms with E-state index in [1.54, 1.807) is 24.5 Å². The molecule has 3 rings (SSSR count). The maximum Gasteiger partial charge on any atom is 0.325 e. The number of imide groups is 1. The summed E-state index contributed by atoms with van der Waals surface area (Å²) in [5.41, 5.74) is -0.276. The highest BCUT2D eigenvalue weighted by molar-refractivity contribution is 6.07. The number of rotatable bonds is 4. The molecule has 7 heteroatoms. The Kier molecular flexibility index (Phi) is 4.01. The van der Waals surface area contributed by atoms with Crippen LogP contribution in [0.15, 0.2) is 42.7 Å². The van der Waals surface area contributed by atoms with Crippen molar-refractivity contribution in [3.8, 4) is 0 Å². The van der Waals surface area contributed by atoms with E-state index < -0.39 is 29.1 Å². The molecule has 1 N–H and O–H groups in total. The van der Waals surface area contributed by atoms with Crippen LogP contribution in [0.25, 0.3) is 0 Å². The van der Waals surface area contributed by atoms with Gasteiger partial charge in [-0.05, 0) is 48.7 Å². The van der Waals surface area contributed by atoms with Crippen LogP contribution in [-0.4, -0.2) is 28.4 Å². The van der Waals surface area contributed by atoms with Crippen LogP contribution in [0.3, 0.4) is 0 Å². The second-order valence-electron chi connectivity index (χ2n) is 5.75. The molecule has 1 aromatic heterocycles. The summed E-state index contributed by atoms with van der Waals surface area (Å²) in [6.45, 7) is 1.67. The maximum atomic E-state index is 13.5. The largest absolute Gasteiger partial charge is 0.325 e. The van der Waals surface area contributed by atoms with Crippen LogP contribution in [0.5, 0.6) is 0 Å². The number of nitrogens with zero attached hydrogens (tertiary/aromatic N) is 2. The standard InChI is InChI=1S/C17H15F2N3O2/c1-17(12-2-3-13(18)14(19)10-12)15(23)22(16(24)21-17)9-6-11-4-7-20-8-5-11/h2-5,7-8,10H,6,9H2,1H3,(H,21,24). The van der Waals surface area contributed by atoms with Gasteiger partial charge >= 0.3 is 6.03 Å². The molecule has 0 saturated carbocycles. The normalized spacial score (nSPS) is 20.4. The summed E-state index contributed by atoms with van der Waals surface area (Å²) in [5, 5.41) is 2.57. The molecule has 1 unspecified atom stereocenters. The molecule has 0 aliphatic carbocycles. The molecule has 1 fully saturated rings. The lowest BCUT2D eigenvalue weighted by atomic mass is 9.92. The molecular formula is C17H15F2N3O2. The fourth-order valence-electron chi connectivity index (χ4n) is 2.69. The van der Waals surface area contributed by atoms with Crippen LogP contribution in [0.2, 0.25) is 0 Å². The molecule has 1 saturated heterocycles. The lowest BCUT2D eigenvalue weighted by Crippen LogP contribution is -2.41. The molecule has 1 atom stereocenters. The summed E-state index contributed by atoms with van der Waals surface area (Å²) in [6, 6.07) is 6.21. The quantitative estimate of drug-likeness (QED) is 0.875. The molecular weight excluding hydrogens is 316 g/mol. The van der Waals surface area contributed by atoms with Gasteiger partial charge in [0.05, 0.1) is 0 Å². The SMILES string of the molecule is CC1(c2ccc(F)c(F)c2)NC(=O)N(CCc2ccncc2)C1=O. The van der Waals surface area contributed by atoms with Crippen molar-refractivity contribution < 1.29 is 18.4 Å². The first-order valence-electron chi connectivity index (χ1n) is 7.40. The third kappa shape index (κ3) is 2.73. The molecule has 24 heavy (non-hydrogen) atoms. The first-order chi connectivity index (χ1) is 11.4. The highest BCUT2D eigenvalue weighted by atomic mass is 19.2. The number of hydrogen-bond donors (Lipinski definition) is 1. The molecule has 5 nitrogen and oxygen atoms in total. The monoisotopic (exact) mass is 331 g/mol. The number of hydrogen-bond acceptors (Lipinski definition) is 3. The minimum absolute atomic E-state index is 0.188. The van der Waals surface area contributed by atoms with Gasteiger partial charge in [-0.25, -0.2) is 13.6 Å². The summed E-state index contributed by atoms with van der Waals surface area (Å²) < 4.78 is 26.6. The molecule has 0 bridgehead atoms. The van der Waals surface area contributed by atoms with E-state index in [4.69, 9.17) is 0 Å². The minimum Gasteiger partial charge on any atom is -0.319 e. The smallest absolute Gasteiger partial charge is 0.319 e. The van der Waals surface area contributed by atoms with Crippen molar-refractivity contribution in [3.63, 3.8) is 0 Å². The fourth-order valence-corrected chi connectivity index (χ4v) is 2.69. The van der Waals surface area contributed by atoms with Crippen molar-refractivity contribution in [3.05, 3.63) is 65.5 Å². The van der Waals surface area contributed by atoms with Crippen LogP contribution in [-0.2, 0) is 16.8 Å². The zero-order chi connectivity index (χ0) is 17.3. The third-order valence-electron chi connectivity index (χ3n) is 4.15. The van der Waals surface area contributed by atoms with Gasteiger partial charge in [0.25, 0.3) is 5.91 Å². The Morgan fingerprint density at radius 1 is 1.12 bits per heavy atom. The van der Waals surface area contributed by atoms with Gasteiger partial charge in [-0.3, -0.25) is 14.7 Å². The average molecular weight is 331 g/mol. The summed E-state index contributed by atoms with van der Waals surface area (Å²) in [7, 11) is 0. The van der Waals surface area contributed by atoms with Gasteiger partial charge in [-0.1, -0.05) is 6.07 Å². The zero-order valence-electron chi connectivity index (χ0n) is 12.9. The first-order valence-corrected chi connectivity index (χ1v) is 7.40. The number of halogens is 2. The van der Waals surface area contributed by atoms with Crippen molar-refractivity contribution in [1.29, 1.82) is 0 Å². The van der Waals surface area contributed by atoms with Crippen LogP contribution < -0.4 is 5.32 Å². The van der Waals surface area contributed by atoms with Crippen molar-refractivity contribution in [2.45, 2.75) is 18.9 Å².